The molecule has 0 aliphatic carbocycles. The summed E-state index contributed by atoms with van der Waals surface area (Å²) in [4.78, 5) is 16.4. The second kappa shape index (κ2) is 8.74. The molecule has 0 saturated carbocycles. The number of aryl methyl sites for hydroxylation is 1. The molecule has 5 nitrogen and oxygen atoms in total. The quantitative estimate of drug-likeness (QED) is 0.439. The summed E-state index contributed by atoms with van der Waals surface area (Å²) >= 11 is 1.44. The Hall–Kier alpha value is -2.81. The summed E-state index contributed by atoms with van der Waals surface area (Å²) in [5.74, 6) is -0.513. The summed E-state index contributed by atoms with van der Waals surface area (Å²) in [6, 6.07) is 16.0. The Balaban J connectivity index is 1.76. The van der Waals surface area contributed by atoms with Gasteiger partial charge in [0.25, 0.3) is 5.56 Å². The lowest BCUT2D eigenvalue weighted by Gasteiger charge is -2.22. The van der Waals surface area contributed by atoms with Crippen molar-refractivity contribution in [3.8, 4) is 0 Å². The van der Waals surface area contributed by atoms with Crippen LogP contribution < -0.4 is 5.56 Å². The van der Waals surface area contributed by atoms with Gasteiger partial charge in [-0.2, -0.15) is 4.31 Å². The van der Waals surface area contributed by atoms with Crippen molar-refractivity contribution in [3.63, 3.8) is 0 Å². The molecule has 31 heavy (non-hydrogen) atoms. The smallest absolute Gasteiger partial charge is 0.252 e. The predicted octanol–water partition coefficient (Wildman–Crippen LogP) is 4.68. The highest BCUT2D eigenvalue weighted by Crippen LogP contribution is 2.23. The molecule has 0 amide bonds. The first-order chi connectivity index (χ1) is 14.9. The molecule has 0 unspecified atom stereocenters. The van der Waals surface area contributed by atoms with Crippen LogP contribution in [0.25, 0.3) is 10.9 Å². The third-order valence-corrected chi connectivity index (χ3v) is 7.77. The van der Waals surface area contributed by atoms with Crippen LogP contribution in [-0.2, 0) is 29.5 Å². The number of hydrogen-bond acceptors (Lipinski definition) is 4. The monoisotopic (exact) mass is 456 g/mol. The lowest BCUT2D eigenvalue weighted by molar-refractivity contribution is 0.402. The first kappa shape index (κ1) is 21.4. The Morgan fingerprint density at radius 3 is 2.48 bits per heavy atom. The molecule has 4 rings (SSSR count). The van der Waals surface area contributed by atoms with E-state index >= 15 is 0 Å². The molecule has 0 aliphatic rings. The summed E-state index contributed by atoms with van der Waals surface area (Å²) in [7, 11) is -3.95. The molecule has 1 N–H and O–H groups in total. The van der Waals surface area contributed by atoms with Gasteiger partial charge in [-0.15, -0.1) is 11.3 Å². The Kier molecular flexibility index (Phi) is 6.04. The van der Waals surface area contributed by atoms with E-state index in [9.17, 15) is 17.6 Å². The largest absolute Gasteiger partial charge is 0.322 e. The van der Waals surface area contributed by atoms with Crippen molar-refractivity contribution < 1.29 is 12.8 Å². The van der Waals surface area contributed by atoms with Crippen LogP contribution >= 0.6 is 11.3 Å². The number of H-pyrrole nitrogens is 1. The van der Waals surface area contributed by atoms with Crippen LogP contribution in [0.2, 0.25) is 0 Å². The van der Waals surface area contributed by atoms with Gasteiger partial charge < -0.3 is 4.98 Å². The summed E-state index contributed by atoms with van der Waals surface area (Å²) in [5, 5.41) is 2.72. The fraction of sp³-hybridized carbons (Fsp3) is 0.174. The van der Waals surface area contributed by atoms with Crippen LogP contribution in [0.5, 0.6) is 0 Å². The van der Waals surface area contributed by atoms with Crippen molar-refractivity contribution in [2.75, 3.05) is 0 Å². The van der Waals surface area contributed by atoms with Gasteiger partial charge in [-0.1, -0.05) is 19.1 Å². The molecule has 0 saturated heterocycles. The summed E-state index contributed by atoms with van der Waals surface area (Å²) in [6.07, 6.45) is 0.855. The van der Waals surface area contributed by atoms with Gasteiger partial charge in [0.2, 0.25) is 10.0 Å². The van der Waals surface area contributed by atoms with E-state index in [0.717, 1.165) is 34.4 Å². The number of sulfonamides is 1. The molecule has 0 radical (unpaired) electrons. The number of pyridine rings is 1. The third-order valence-electron chi connectivity index (χ3n) is 5.10. The van der Waals surface area contributed by atoms with E-state index in [1.165, 1.54) is 27.8 Å². The van der Waals surface area contributed by atoms with Crippen molar-refractivity contribution in [1.82, 2.24) is 9.29 Å². The number of halogens is 1. The number of nitrogens with one attached hydrogen (secondary N) is 1. The number of aromatic amines is 1. The zero-order valence-electron chi connectivity index (χ0n) is 16.8. The second-order valence-electron chi connectivity index (χ2n) is 7.21. The zero-order valence-corrected chi connectivity index (χ0v) is 18.5. The molecule has 4 aromatic rings. The molecular weight excluding hydrogens is 435 g/mol. The molecule has 0 atom stereocenters. The van der Waals surface area contributed by atoms with E-state index in [0.29, 0.717) is 11.1 Å². The number of aromatic nitrogens is 1. The van der Waals surface area contributed by atoms with Gasteiger partial charge in [0, 0.05) is 29.0 Å². The Morgan fingerprint density at radius 1 is 1.03 bits per heavy atom. The van der Waals surface area contributed by atoms with E-state index in [1.54, 1.807) is 6.07 Å². The molecule has 160 valence electrons. The molecule has 2 aromatic heterocycles. The number of thiophene rings is 1. The average molecular weight is 457 g/mol. The van der Waals surface area contributed by atoms with Crippen molar-refractivity contribution in [2.45, 2.75) is 31.3 Å². The van der Waals surface area contributed by atoms with Crippen LogP contribution in [0.4, 0.5) is 4.39 Å². The average Bonchev–Trinajstić information content (AvgIpc) is 3.27. The van der Waals surface area contributed by atoms with Gasteiger partial charge in [0.15, 0.2) is 0 Å². The summed E-state index contributed by atoms with van der Waals surface area (Å²) in [5.41, 5.74) is 1.85. The van der Waals surface area contributed by atoms with Gasteiger partial charge in [0.05, 0.1) is 4.90 Å². The van der Waals surface area contributed by atoms with Gasteiger partial charge >= 0.3 is 0 Å². The normalized spacial score (nSPS) is 12.0. The van der Waals surface area contributed by atoms with E-state index in [2.05, 4.69) is 4.98 Å². The molecule has 2 aromatic carbocycles. The third kappa shape index (κ3) is 4.61. The van der Waals surface area contributed by atoms with Gasteiger partial charge in [-0.25, -0.2) is 12.8 Å². The highest BCUT2D eigenvalue weighted by molar-refractivity contribution is 7.89. The lowest BCUT2D eigenvalue weighted by Crippen LogP contribution is -2.32. The lowest BCUT2D eigenvalue weighted by atomic mass is 10.1. The fourth-order valence-corrected chi connectivity index (χ4v) is 5.58. The summed E-state index contributed by atoms with van der Waals surface area (Å²) in [6.45, 7) is 2.06. The minimum absolute atomic E-state index is 0.0176. The minimum Gasteiger partial charge on any atom is -0.322 e. The second-order valence-corrected chi connectivity index (χ2v) is 10.2. The first-order valence-corrected chi connectivity index (χ1v) is 12.1. The van der Waals surface area contributed by atoms with Crippen molar-refractivity contribution >= 4 is 32.3 Å². The Bertz CT molecular complexity index is 1360. The number of rotatable bonds is 7. The SMILES string of the molecule is CCc1ccc2[nH]c(=O)c(CN(Cc3cccs3)S(=O)(=O)c3ccc(F)cc3)cc2c1. The molecule has 8 heteroatoms. The molecule has 0 aliphatic heterocycles. The Labute approximate surface area is 183 Å². The van der Waals surface area contributed by atoms with E-state index in [4.69, 9.17) is 0 Å². The number of fused-ring (bicyclic) bond motifs is 1. The van der Waals surface area contributed by atoms with E-state index in [1.807, 2.05) is 42.6 Å². The van der Waals surface area contributed by atoms with Crippen LogP contribution in [0, 0.1) is 5.82 Å². The van der Waals surface area contributed by atoms with Crippen molar-refractivity contribution in [2.24, 2.45) is 0 Å². The molecular formula is C23H21FN2O3S2. The fourth-order valence-electron chi connectivity index (χ4n) is 3.39. The topological polar surface area (TPSA) is 70.2 Å². The predicted molar refractivity (Wildman–Crippen MR) is 121 cm³/mol. The maximum Gasteiger partial charge on any atom is 0.252 e. The van der Waals surface area contributed by atoms with Crippen molar-refractivity contribution in [3.05, 3.63) is 98.2 Å². The minimum atomic E-state index is -3.95. The van der Waals surface area contributed by atoms with E-state index in [-0.39, 0.29) is 23.5 Å². The molecule has 2 heterocycles. The number of nitrogens with zero attached hydrogens (tertiary/aromatic N) is 1. The highest BCUT2D eigenvalue weighted by Gasteiger charge is 2.26. The molecule has 0 fully saturated rings. The zero-order chi connectivity index (χ0) is 22.0. The standard InChI is InChI=1S/C23H21FN2O3S2/c1-2-16-5-10-22-17(12-16)13-18(23(27)25-22)14-26(15-20-4-3-11-30-20)31(28,29)21-8-6-19(24)7-9-21/h3-13H,2,14-15H2,1H3,(H,25,27). The first-order valence-electron chi connectivity index (χ1n) is 9.80. The summed E-state index contributed by atoms with van der Waals surface area (Å²) < 4.78 is 41.3. The van der Waals surface area contributed by atoms with Crippen LogP contribution in [-0.4, -0.2) is 17.7 Å². The van der Waals surface area contributed by atoms with Gasteiger partial charge in [0.1, 0.15) is 5.82 Å². The van der Waals surface area contributed by atoms with Crippen molar-refractivity contribution in [1.29, 1.82) is 0 Å². The van der Waals surface area contributed by atoms with Crippen LogP contribution in [0.15, 0.2) is 75.7 Å². The number of hydrogen-bond donors (Lipinski definition) is 1. The Morgan fingerprint density at radius 2 is 1.81 bits per heavy atom. The van der Waals surface area contributed by atoms with E-state index < -0.39 is 15.8 Å². The highest BCUT2D eigenvalue weighted by atomic mass is 32.2. The van der Waals surface area contributed by atoms with Gasteiger partial charge in [-0.3, -0.25) is 4.79 Å². The molecule has 0 spiro atoms. The maximum absolute atomic E-state index is 13.3. The maximum atomic E-state index is 13.3. The van der Waals surface area contributed by atoms with Crippen LogP contribution in [0.1, 0.15) is 22.9 Å². The number of benzene rings is 2. The van der Waals surface area contributed by atoms with Crippen LogP contribution in [0.3, 0.4) is 0 Å². The van der Waals surface area contributed by atoms with Gasteiger partial charge in [-0.05, 0) is 71.3 Å². The molecule has 0 bridgehead atoms.